The molecule has 4 rings (SSSR count). The summed E-state index contributed by atoms with van der Waals surface area (Å²) >= 11 is 0. The first-order valence-electron chi connectivity index (χ1n) is 10.2. The number of carbonyl (C=O) groups is 3. The second kappa shape index (κ2) is 7.31. The van der Waals surface area contributed by atoms with Crippen LogP contribution in [0.4, 0.5) is 14.9 Å². The van der Waals surface area contributed by atoms with E-state index in [9.17, 15) is 18.8 Å². The molecule has 7 nitrogen and oxygen atoms in total. The second-order valence-electron chi connectivity index (χ2n) is 8.25. The Hall–Kier alpha value is -2.64. The van der Waals surface area contributed by atoms with Crippen molar-refractivity contribution in [2.24, 2.45) is 11.8 Å². The van der Waals surface area contributed by atoms with E-state index in [1.165, 1.54) is 24.3 Å². The highest BCUT2D eigenvalue weighted by Gasteiger charge is 2.61. The smallest absolute Gasteiger partial charge is 0.321 e. The number of amides is 4. The third-order valence-corrected chi connectivity index (χ3v) is 6.90. The summed E-state index contributed by atoms with van der Waals surface area (Å²) in [5, 5.41) is 2.81. The molecule has 0 saturated carbocycles. The number of benzene rings is 1. The van der Waals surface area contributed by atoms with Crippen LogP contribution in [0.15, 0.2) is 24.3 Å². The number of anilines is 1. The largest absolute Gasteiger partial charge is 0.342 e. The molecule has 1 spiro atoms. The molecule has 0 aliphatic carbocycles. The van der Waals surface area contributed by atoms with E-state index in [2.05, 4.69) is 5.32 Å². The zero-order valence-electron chi connectivity index (χ0n) is 16.9. The number of hydrogen-bond acceptors (Lipinski definition) is 3. The Morgan fingerprint density at radius 1 is 1.14 bits per heavy atom. The number of fused-ring (bicyclic) bond motifs is 2. The number of carbonyl (C=O) groups excluding carboxylic acids is 3. The first kappa shape index (κ1) is 19.7. The SMILES string of the molecule is CCN1C(=O)[C@@H]2CN(C(C)=O)C[C@@H]2C12CCN(C(=O)Nc1ccc(F)cc1)CC2. The maximum absolute atomic E-state index is 13.1. The van der Waals surface area contributed by atoms with Gasteiger partial charge >= 0.3 is 6.03 Å². The number of nitrogens with zero attached hydrogens (tertiary/aromatic N) is 3. The predicted molar refractivity (Wildman–Crippen MR) is 106 cm³/mol. The number of urea groups is 1. The fourth-order valence-corrected chi connectivity index (χ4v) is 5.42. The number of nitrogens with one attached hydrogen (secondary N) is 1. The predicted octanol–water partition coefficient (Wildman–Crippen LogP) is 2.15. The normalized spacial score (nSPS) is 25.5. The van der Waals surface area contributed by atoms with Crippen molar-refractivity contribution in [2.75, 3.05) is 38.0 Å². The monoisotopic (exact) mass is 402 g/mol. The summed E-state index contributed by atoms with van der Waals surface area (Å²) in [6, 6.07) is 5.47. The number of rotatable bonds is 2. The second-order valence-corrected chi connectivity index (χ2v) is 8.25. The third-order valence-electron chi connectivity index (χ3n) is 6.90. The summed E-state index contributed by atoms with van der Waals surface area (Å²) in [4.78, 5) is 43.0. The van der Waals surface area contributed by atoms with E-state index in [0.717, 1.165) is 0 Å². The molecule has 0 aromatic heterocycles. The highest BCUT2D eigenvalue weighted by Crippen LogP contribution is 2.49. The Bertz CT molecular complexity index is 820. The van der Waals surface area contributed by atoms with Gasteiger partial charge in [0.2, 0.25) is 11.8 Å². The molecule has 1 aromatic rings. The molecule has 0 unspecified atom stereocenters. The summed E-state index contributed by atoms with van der Waals surface area (Å²) in [5.74, 6) is -0.189. The van der Waals surface area contributed by atoms with E-state index < -0.39 is 0 Å². The van der Waals surface area contributed by atoms with E-state index in [-0.39, 0.29) is 41.0 Å². The Morgan fingerprint density at radius 3 is 2.38 bits per heavy atom. The molecule has 3 aliphatic heterocycles. The fraction of sp³-hybridized carbons (Fsp3) is 0.571. The van der Waals surface area contributed by atoms with Crippen molar-refractivity contribution in [1.82, 2.24) is 14.7 Å². The van der Waals surface area contributed by atoms with Crippen LogP contribution in [0.25, 0.3) is 0 Å². The molecule has 29 heavy (non-hydrogen) atoms. The van der Waals surface area contributed by atoms with Crippen LogP contribution < -0.4 is 5.32 Å². The quantitative estimate of drug-likeness (QED) is 0.824. The molecular formula is C21H27FN4O3. The summed E-state index contributed by atoms with van der Waals surface area (Å²) in [7, 11) is 0. The minimum atomic E-state index is -0.348. The topological polar surface area (TPSA) is 73.0 Å². The van der Waals surface area contributed by atoms with Gasteiger partial charge in [-0.05, 0) is 44.0 Å². The van der Waals surface area contributed by atoms with Crippen LogP contribution >= 0.6 is 0 Å². The van der Waals surface area contributed by atoms with Gasteiger partial charge in [0.1, 0.15) is 5.82 Å². The van der Waals surface area contributed by atoms with Crippen molar-refractivity contribution in [1.29, 1.82) is 0 Å². The molecule has 4 amide bonds. The van der Waals surface area contributed by atoms with Gasteiger partial charge in [0.25, 0.3) is 0 Å². The van der Waals surface area contributed by atoms with Gasteiger partial charge in [-0.3, -0.25) is 9.59 Å². The molecule has 3 heterocycles. The maximum Gasteiger partial charge on any atom is 0.321 e. The van der Waals surface area contributed by atoms with Crippen LogP contribution in [0.2, 0.25) is 0 Å². The Labute approximate surface area is 169 Å². The van der Waals surface area contributed by atoms with Crippen molar-refractivity contribution in [3.63, 3.8) is 0 Å². The summed E-state index contributed by atoms with van der Waals surface area (Å²) in [6.45, 7) is 6.40. The molecule has 8 heteroatoms. The van der Waals surface area contributed by atoms with Gasteiger partial charge in [-0.2, -0.15) is 0 Å². The first-order chi connectivity index (χ1) is 13.9. The standard InChI is InChI=1S/C21H27FN4O3/c1-3-26-19(28)17-12-25(14(2)27)13-18(17)21(26)8-10-24(11-9-21)20(29)23-16-6-4-15(22)5-7-16/h4-7,17-18H,3,8-13H2,1-2H3,(H,23,29)/t17-,18+/m1/s1. The Morgan fingerprint density at radius 2 is 1.79 bits per heavy atom. The zero-order valence-corrected chi connectivity index (χ0v) is 16.9. The molecule has 0 bridgehead atoms. The highest BCUT2D eigenvalue weighted by atomic mass is 19.1. The van der Waals surface area contributed by atoms with E-state index >= 15 is 0 Å². The Kier molecular flexibility index (Phi) is 4.96. The van der Waals surface area contributed by atoms with Crippen molar-refractivity contribution in [3.05, 3.63) is 30.1 Å². The summed E-state index contributed by atoms with van der Waals surface area (Å²) < 4.78 is 13.1. The molecule has 156 valence electrons. The molecule has 3 fully saturated rings. The van der Waals surface area contributed by atoms with Crippen molar-refractivity contribution in [2.45, 2.75) is 32.2 Å². The average molecular weight is 402 g/mol. The fourth-order valence-electron chi connectivity index (χ4n) is 5.42. The van der Waals surface area contributed by atoms with Crippen LogP contribution in [0.3, 0.4) is 0 Å². The van der Waals surface area contributed by atoms with Gasteiger partial charge in [-0.25, -0.2) is 9.18 Å². The van der Waals surface area contributed by atoms with Crippen LogP contribution in [0, 0.1) is 17.7 Å². The molecule has 3 saturated heterocycles. The van der Waals surface area contributed by atoms with E-state index in [0.29, 0.717) is 51.3 Å². The van der Waals surface area contributed by atoms with Gasteiger partial charge in [0.05, 0.1) is 11.5 Å². The molecule has 1 aromatic carbocycles. The lowest BCUT2D eigenvalue weighted by Crippen LogP contribution is -2.58. The lowest BCUT2D eigenvalue weighted by molar-refractivity contribution is -0.136. The van der Waals surface area contributed by atoms with Crippen LogP contribution in [-0.2, 0) is 9.59 Å². The minimum Gasteiger partial charge on any atom is -0.342 e. The summed E-state index contributed by atoms with van der Waals surface area (Å²) in [5.41, 5.74) is 0.267. The van der Waals surface area contributed by atoms with Crippen LogP contribution in [0.1, 0.15) is 26.7 Å². The van der Waals surface area contributed by atoms with Gasteiger partial charge in [0.15, 0.2) is 0 Å². The van der Waals surface area contributed by atoms with E-state index in [1.54, 1.807) is 16.7 Å². The lowest BCUT2D eigenvalue weighted by Gasteiger charge is -2.47. The molecule has 3 aliphatic rings. The van der Waals surface area contributed by atoms with Gasteiger partial charge in [-0.1, -0.05) is 0 Å². The average Bonchev–Trinajstić information content (AvgIpc) is 3.24. The zero-order chi connectivity index (χ0) is 20.8. The van der Waals surface area contributed by atoms with Crippen molar-refractivity contribution >= 4 is 23.5 Å². The molecule has 2 atom stereocenters. The number of halogens is 1. The van der Waals surface area contributed by atoms with Crippen molar-refractivity contribution < 1.29 is 18.8 Å². The third kappa shape index (κ3) is 3.24. The molecule has 0 radical (unpaired) electrons. The molecule has 1 N–H and O–H groups in total. The lowest BCUT2D eigenvalue weighted by atomic mass is 9.75. The highest BCUT2D eigenvalue weighted by molar-refractivity contribution is 5.89. The Balaban J connectivity index is 1.46. The van der Waals surface area contributed by atoms with E-state index in [1.807, 2.05) is 11.8 Å². The minimum absolute atomic E-state index is 0.0153. The molecular weight excluding hydrogens is 375 g/mol. The van der Waals surface area contributed by atoms with Gasteiger partial charge in [-0.15, -0.1) is 0 Å². The van der Waals surface area contributed by atoms with Gasteiger partial charge < -0.3 is 20.0 Å². The van der Waals surface area contributed by atoms with Crippen LogP contribution in [0.5, 0.6) is 0 Å². The number of likely N-dealkylation sites (tertiary alicyclic amines) is 3. The van der Waals surface area contributed by atoms with Gasteiger partial charge in [0, 0.05) is 51.3 Å². The van der Waals surface area contributed by atoms with Crippen LogP contribution in [-0.4, -0.2) is 70.8 Å². The summed E-state index contributed by atoms with van der Waals surface area (Å²) in [6.07, 6.45) is 1.41. The number of piperidine rings is 1. The van der Waals surface area contributed by atoms with E-state index in [4.69, 9.17) is 0 Å². The number of hydrogen-bond donors (Lipinski definition) is 1. The first-order valence-corrected chi connectivity index (χ1v) is 10.2. The van der Waals surface area contributed by atoms with Crippen molar-refractivity contribution in [3.8, 4) is 0 Å². The maximum atomic E-state index is 13.1.